The molecule has 2 heterocycles. The predicted molar refractivity (Wildman–Crippen MR) is 102 cm³/mol. The van der Waals surface area contributed by atoms with Gasteiger partial charge in [0.1, 0.15) is 17.9 Å². The van der Waals surface area contributed by atoms with Crippen molar-refractivity contribution in [3.8, 4) is 0 Å². The second-order valence-corrected chi connectivity index (χ2v) is 6.58. The number of rotatable bonds is 6. The number of guanidine groups is 1. The van der Waals surface area contributed by atoms with E-state index in [4.69, 9.17) is 14.1 Å². The van der Waals surface area contributed by atoms with E-state index in [9.17, 15) is 0 Å². The number of benzene rings is 1. The number of para-hydroxylation sites is 1. The Hall–Kier alpha value is -2.01. The van der Waals surface area contributed by atoms with E-state index in [1.807, 2.05) is 25.1 Å². The highest BCUT2D eigenvalue weighted by Crippen LogP contribution is 2.25. The van der Waals surface area contributed by atoms with E-state index in [0.29, 0.717) is 12.5 Å². The van der Waals surface area contributed by atoms with Gasteiger partial charge in [-0.1, -0.05) is 18.2 Å². The first kappa shape index (κ1) is 17.8. The van der Waals surface area contributed by atoms with Gasteiger partial charge in [-0.25, -0.2) is 4.99 Å². The number of likely N-dealkylation sites (tertiary alicyclic amines) is 1. The van der Waals surface area contributed by atoms with Gasteiger partial charge in [0.2, 0.25) is 0 Å². The minimum absolute atomic E-state index is 0.565. The first-order valence-corrected chi connectivity index (χ1v) is 9.30. The van der Waals surface area contributed by atoms with Gasteiger partial charge in [0, 0.05) is 43.1 Å². The van der Waals surface area contributed by atoms with E-state index in [1.165, 1.54) is 10.9 Å². The fourth-order valence-corrected chi connectivity index (χ4v) is 3.39. The van der Waals surface area contributed by atoms with Crippen LogP contribution in [0.2, 0.25) is 0 Å². The Morgan fingerprint density at radius 1 is 1.36 bits per heavy atom. The monoisotopic (exact) mass is 343 g/mol. The summed E-state index contributed by atoms with van der Waals surface area (Å²) in [6.45, 7) is 11.4. The van der Waals surface area contributed by atoms with Gasteiger partial charge < -0.3 is 19.4 Å². The highest BCUT2D eigenvalue weighted by molar-refractivity contribution is 5.82. The molecule has 0 aliphatic carbocycles. The van der Waals surface area contributed by atoms with Crippen LogP contribution in [0.3, 0.4) is 0 Å². The van der Waals surface area contributed by atoms with Crippen molar-refractivity contribution in [1.82, 2.24) is 10.2 Å². The number of ether oxygens (including phenoxy) is 1. The van der Waals surface area contributed by atoms with E-state index in [0.717, 1.165) is 56.6 Å². The zero-order valence-corrected chi connectivity index (χ0v) is 15.5. The average Bonchev–Trinajstić information content (AvgIpc) is 3.22. The Morgan fingerprint density at radius 3 is 2.96 bits per heavy atom. The summed E-state index contributed by atoms with van der Waals surface area (Å²) in [6.07, 6.45) is 1.16. The van der Waals surface area contributed by atoms with Crippen molar-refractivity contribution >= 4 is 16.9 Å². The van der Waals surface area contributed by atoms with Gasteiger partial charge in [-0.05, 0) is 33.3 Å². The number of nitrogens with one attached hydrogen (secondary N) is 1. The van der Waals surface area contributed by atoms with Crippen molar-refractivity contribution in [2.45, 2.75) is 33.7 Å². The zero-order valence-electron chi connectivity index (χ0n) is 15.5. The van der Waals surface area contributed by atoms with Crippen molar-refractivity contribution in [2.75, 3.05) is 32.8 Å². The molecule has 1 aliphatic rings. The number of aliphatic imine (C=N–C) groups is 1. The van der Waals surface area contributed by atoms with Gasteiger partial charge >= 0.3 is 0 Å². The maximum absolute atomic E-state index is 5.99. The second kappa shape index (κ2) is 8.39. The molecule has 1 atom stereocenters. The zero-order chi connectivity index (χ0) is 17.6. The minimum Gasteiger partial charge on any atom is -0.459 e. The molecular weight excluding hydrogens is 314 g/mol. The second-order valence-electron chi connectivity index (χ2n) is 6.58. The van der Waals surface area contributed by atoms with Crippen LogP contribution in [-0.2, 0) is 11.3 Å². The maximum atomic E-state index is 5.99. The number of hydrogen-bond donors (Lipinski definition) is 1. The van der Waals surface area contributed by atoms with Crippen molar-refractivity contribution in [3.63, 3.8) is 0 Å². The molecule has 0 amide bonds. The summed E-state index contributed by atoms with van der Waals surface area (Å²) < 4.78 is 11.6. The van der Waals surface area contributed by atoms with E-state index < -0.39 is 0 Å². The first-order valence-electron chi connectivity index (χ1n) is 9.30. The van der Waals surface area contributed by atoms with Crippen LogP contribution in [0, 0.1) is 12.8 Å². The van der Waals surface area contributed by atoms with Gasteiger partial charge in [-0.2, -0.15) is 0 Å². The van der Waals surface area contributed by atoms with Gasteiger partial charge in [0.15, 0.2) is 5.96 Å². The van der Waals surface area contributed by atoms with Crippen LogP contribution < -0.4 is 5.32 Å². The van der Waals surface area contributed by atoms with Crippen LogP contribution in [0.5, 0.6) is 0 Å². The van der Waals surface area contributed by atoms with Crippen molar-refractivity contribution in [2.24, 2.45) is 10.9 Å². The van der Waals surface area contributed by atoms with Gasteiger partial charge in [0.25, 0.3) is 0 Å². The number of hydrogen-bond acceptors (Lipinski definition) is 3. The number of fused-ring (bicyclic) bond motifs is 1. The van der Waals surface area contributed by atoms with E-state index >= 15 is 0 Å². The highest BCUT2D eigenvalue weighted by Gasteiger charge is 2.25. The lowest BCUT2D eigenvalue weighted by Gasteiger charge is -2.21. The largest absolute Gasteiger partial charge is 0.459 e. The van der Waals surface area contributed by atoms with Gasteiger partial charge in [-0.15, -0.1) is 0 Å². The standard InChI is InChI=1S/C20H29N3O2/c1-4-21-20(23-11-10-16(13-23)14-24-5-2)22-12-19-15(3)17-8-6-7-9-18(17)25-19/h6-9,16H,4-5,10-14H2,1-3H3,(H,21,22). The Bertz CT molecular complexity index is 723. The quantitative estimate of drug-likeness (QED) is 0.643. The lowest BCUT2D eigenvalue weighted by atomic mass is 10.1. The van der Waals surface area contributed by atoms with Crippen LogP contribution in [0.15, 0.2) is 33.7 Å². The lowest BCUT2D eigenvalue weighted by molar-refractivity contribution is 0.114. The average molecular weight is 343 g/mol. The van der Waals surface area contributed by atoms with Crippen LogP contribution in [0.25, 0.3) is 11.0 Å². The van der Waals surface area contributed by atoms with E-state index in [2.05, 4.69) is 30.1 Å². The molecule has 1 unspecified atom stereocenters. The molecule has 1 aliphatic heterocycles. The third kappa shape index (κ3) is 4.15. The lowest BCUT2D eigenvalue weighted by Crippen LogP contribution is -2.40. The Balaban J connectivity index is 1.70. The van der Waals surface area contributed by atoms with E-state index in [1.54, 1.807) is 0 Å². The first-order chi connectivity index (χ1) is 12.2. The summed E-state index contributed by atoms with van der Waals surface area (Å²) in [7, 11) is 0. The van der Waals surface area contributed by atoms with Crippen molar-refractivity contribution in [1.29, 1.82) is 0 Å². The molecule has 1 fully saturated rings. The Kier molecular flexibility index (Phi) is 5.97. The summed E-state index contributed by atoms with van der Waals surface area (Å²) in [6, 6.07) is 8.17. The smallest absolute Gasteiger partial charge is 0.194 e. The van der Waals surface area contributed by atoms with Crippen molar-refractivity contribution < 1.29 is 9.15 Å². The third-order valence-electron chi connectivity index (χ3n) is 4.79. The fourth-order valence-electron chi connectivity index (χ4n) is 3.39. The topological polar surface area (TPSA) is 50.0 Å². The molecule has 1 saturated heterocycles. The predicted octanol–water partition coefficient (Wildman–Crippen LogP) is 3.57. The maximum Gasteiger partial charge on any atom is 0.194 e. The molecule has 1 aromatic heterocycles. The van der Waals surface area contributed by atoms with E-state index in [-0.39, 0.29) is 0 Å². The summed E-state index contributed by atoms with van der Waals surface area (Å²) in [5.74, 6) is 2.51. The summed E-state index contributed by atoms with van der Waals surface area (Å²) in [5.41, 5.74) is 2.12. The molecule has 0 spiro atoms. The van der Waals surface area contributed by atoms with Crippen LogP contribution >= 0.6 is 0 Å². The highest BCUT2D eigenvalue weighted by atomic mass is 16.5. The molecule has 5 heteroatoms. The number of furan rings is 1. The molecule has 0 bridgehead atoms. The number of nitrogens with zero attached hydrogens (tertiary/aromatic N) is 2. The van der Waals surface area contributed by atoms with Crippen molar-refractivity contribution in [3.05, 3.63) is 35.6 Å². The number of aryl methyl sites for hydroxylation is 1. The minimum atomic E-state index is 0.565. The molecule has 1 aromatic carbocycles. The SMILES string of the molecule is CCNC(=NCc1oc2ccccc2c1C)N1CCC(COCC)C1. The molecule has 0 saturated carbocycles. The van der Waals surface area contributed by atoms with Gasteiger partial charge in [0.05, 0.1) is 6.61 Å². The molecule has 1 N–H and O–H groups in total. The molecule has 2 aromatic rings. The third-order valence-corrected chi connectivity index (χ3v) is 4.79. The Labute approximate surface area is 150 Å². The van der Waals surface area contributed by atoms with Crippen LogP contribution in [-0.4, -0.2) is 43.7 Å². The molecular formula is C20H29N3O2. The fraction of sp³-hybridized carbons (Fsp3) is 0.550. The van der Waals surface area contributed by atoms with Crippen LogP contribution in [0.4, 0.5) is 0 Å². The molecule has 3 rings (SSSR count). The molecule has 25 heavy (non-hydrogen) atoms. The summed E-state index contributed by atoms with van der Waals surface area (Å²) in [5, 5.41) is 4.59. The molecule has 136 valence electrons. The molecule has 0 radical (unpaired) electrons. The Morgan fingerprint density at radius 2 is 2.20 bits per heavy atom. The van der Waals surface area contributed by atoms with Gasteiger partial charge in [-0.3, -0.25) is 0 Å². The van der Waals surface area contributed by atoms with Crippen LogP contribution in [0.1, 0.15) is 31.6 Å². The summed E-state index contributed by atoms with van der Waals surface area (Å²) >= 11 is 0. The summed E-state index contributed by atoms with van der Waals surface area (Å²) in [4.78, 5) is 7.17. The normalized spacial score (nSPS) is 18.3. The molecule has 5 nitrogen and oxygen atoms in total.